The normalized spacial score (nSPS) is 14.9. The van der Waals surface area contributed by atoms with Gasteiger partial charge in [0.15, 0.2) is 5.78 Å². The van der Waals surface area contributed by atoms with Crippen LogP contribution in [-0.2, 0) is 6.54 Å². The number of hydrogen-bond donors (Lipinski definition) is 1. The Morgan fingerprint density at radius 1 is 1.11 bits per heavy atom. The fraction of sp³-hybridized carbons (Fsp3) is 0.409. The SMILES string of the molecule is CCOc1ccc(C(C)=O)cc1C[NH+]1CCN(c2ccc(OC)cc2)CC1. The fourth-order valence-electron chi connectivity index (χ4n) is 3.55. The average Bonchev–Trinajstić information content (AvgIpc) is 2.70. The Balaban J connectivity index is 1.64. The van der Waals surface area contributed by atoms with Gasteiger partial charge in [-0.25, -0.2) is 0 Å². The summed E-state index contributed by atoms with van der Waals surface area (Å²) in [6.45, 7) is 9.25. The number of carbonyl (C=O) groups excluding carboxylic acids is 1. The van der Waals surface area contributed by atoms with E-state index in [0.717, 1.165) is 55.3 Å². The number of quaternary nitrogens is 1. The highest BCUT2D eigenvalue weighted by atomic mass is 16.5. The van der Waals surface area contributed by atoms with Crippen LogP contribution < -0.4 is 19.3 Å². The summed E-state index contributed by atoms with van der Waals surface area (Å²) in [5, 5.41) is 0. The lowest BCUT2D eigenvalue weighted by atomic mass is 10.1. The van der Waals surface area contributed by atoms with Crippen molar-refractivity contribution in [3.8, 4) is 11.5 Å². The van der Waals surface area contributed by atoms with Gasteiger partial charge in [0.1, 0.15) is 18.0 Å². The minimum absolute atomic E-state index is 0.0959. The number of rotatable bonds is 7. The standard InChI is InChI=1S/C22H28N2O3/c1-4-27-22-10-5-18(17(2)25)15-19(22)16-23-11-13-24(14-12-23)20-6-8-21(26-3)9-7-20/h5-10,15H,4,11-14,16H2,1-3H3/p+1. The molecule has 144 valence electrons. The summed E-state index contributed by atoms with van der Waals surface area (Å²) in [6.07, 6.45) is 0. The van der Waals surface area contributed by atoms with Crippen LogP contribution in [0.1, 0.15) is 29.8 Å². The van der Waals surface area contributed by atoms with Crippen LogP contribution in [-0.4, -0.2) is 45.7 Å². The van der Waals surface area contributed by atoms with E-state index in [2.05, 4.69) is 17.0 Å². The molecule has 2 aromatic carbocycles. The van der Waals surface area contributed by atoms with Gasteiger partial charge >= 0.3 is 0 Å². The van der Waals surface area contributed by atoms with Gasteiger partial charge in [0.2, 0.25) is 0 Å². The van der Waals surface area contributed by atoms with Crippen molar-refractivity contribution in [3.05, 3.63) is 53.6 Å². The first-order chi connectivity index (χ1) is 13.1. The molecule has 1 aliphatic rings. The van der Waals surface area contributed by atoms with Gasteiger partial charge in [-0.15, -0.1) is 0 Å². The van der Waals surface area contributed by atoms with Gasteiger partial charge in [0.05, 0.1) is 39.9 Å². The second-order valence-corrected chi connectivity index (χ2v) is 6.92. The van der Waals surface area contributed by atoms with Crippen LogP contribution in [0.2, 0.25) is 0 Å². The molecule has 0 spiro atoms. The Bertz CT molecular complexity index is 766. The minimum atomic E-state index is 0.0959. The summed E-state index contributed by atoms with van der Waals surface area (Å²) in [7, 11) is 1.69. The molecule has 1 heterocycles. The molecule has 0 bridgehead atoms. The summed E-state index contributed by atoms with van der Waals surface area (Å²) in [4.78, 5) is 15.7. The van der Waals surface area contributed by atoms with E-state index >= 15 is 0 Å². The quantitative estimate of drug-likeness (QED) is 0.760. The molecule has 0 aliphatic carbocycles. The number of anilines is 1. The van der Waals surface area contributed by atoms with E-state index < -0.39 is 0 Å². The van der Waals surface area contributed by atoms with Crippen molar-refractivity contribution in [1.82, 2.24) is 0 Å². The highest BCUT2D eigenvalue weighted by molar-refractivity contribution is 5.94. The zero-order chi connectivity index (χ0) is 19.2. The van der Waals surface area contributed by atoms with Crippen molar-refractivity contribution in [2.24, 2.45) is 0 Å². The van der Waals surface area contributed by atoms with Crippen LogP contribution in [0, 0.1) is 0 Å². The van der Waals surface area contributed by atoms with E-state index in [4.69, 9.17) is 9.47 Å². The number of nitrogens with zero attached hydrogens (tertiary/aromatic N) is 1. The number of hydrogen-bond acceptors (Lipinski definition) is 4. The van der Waals surface area contributed by atoms with E-state index in [-0.39, 0.29) is 5.78 Å². The summed E-state index contributed by atoms with van der Waals surface area (Å²) in [5.74, 6) is 1.88. The lowest BCUT2D eigenvalue weighted by Crippen LogP contribution is -3.13. The van der Waals surface area contributed by atoms with Gasteiger partial charge in [-0.2, -0.15) is 0 Å². The third-order valence-electron chi connectivity index (χ3n) is 5.12. The Morgan fingerprint density at radius 3 is 2.41 bits per heavy atom. The summed E-state index contributed by atoms with van der Waals surface area (Å²) >= 11 is 0. The molecule has 0 saturated carbocycles. The average molecular weight is 369 g/mol. The van der Waals surface area contributed by atoms with E-state index in [1.54, 1.807) is 14.0 Å². The molecule has 1 N–H and O–H groups in total. The van der Waals surface area contributed by atoms with Gasteiger partial charge in [-0.3, -0.25) is 4.79 Å². The molecular formula is C22H29N2O3+. The number of ketones is 1. The first-order valence-corrected chi connectivity index (χ1v) is 9.60. The molecular weight excluding hydrogens is 340 g/mol. The van der Waals surface area contributed by atoms with Crippen molar-refractivity contribution < 1.29 is 19.2 Å². The largest absolute Gasteiger partial charge is 0.497 e. The lowest BCUT2D eigenvalue weighted by Gasteiger charge is -2.34. The molecule has 0 amide bonds. The van der Waals surface area contributed by atoms with Gasteiger partial charge < -0.3 is 19.3 Å². The summed E-state index contributed by atoms with van der Waals surface area (Å²) < 4.78 is 11.0. The highest BCUT2D eigenvalue weighted by Gasteiger charge is 2.22. The number of Topliss-reactive ketones (excluding diaryl/α,β-unsaturated/α-hetero) is 1. The Labute approximate surface area is 161 Å². The molecule has 0 atom stereocenters. The van der Waals surface area contributed by atoms with Gasteiger partial charge in [0, 0.05) is 16.8 Å². The predicted molar refractivity (Wildman–Crippen MR) is 107 cm³/mol. The van der Waals surface area contributed by atoms with E-state index in [1.807, 2.05) is 37.3 Å². The van der Waals surface area contributed by atoms with Crippen LogP contribution >= 0.6 is 0 Å². The van der Waals surface area contributed by atoms with Crippen LogP contribution in [0.4, 0.5) is 5.69 Å². The number of nitrogens with one attached hydrogen (secondary N) is 1. The third-order valence-corrected chi connectivity index (χ3v) is 5.12. The molecule has 0 unspecified atom stereocenters. The van der Waals surface area contributed by atoms with Gasteiger partial charge in [-0.05, 0) is 56.3 Å². The number of piperazine rings is 1. The van der Waals surface area contributed by atoms with E-state index in [9.17, 15) is 4.79 Å². The van der Waals surface area contributed by atoms with E-state index in [0.29, 0.717) is 6.61 Å². The minimum Gasteiger partial charge on any atom is -0.497 e. The van der Waals surface area contributed by atoms with Crippen molar-refractivity contribution in [3.63, 3.8) is 0 Å². The van der Waals surface area contributed by atoms with Crippen molar-refractivity contribution >= 4 is 11.5 Å². The first-order valence-electron chi connectivity index (χ1n) is 9.60. The molecule has 3 rings (SSSR count). The third kappa shape index (κ3) is 4.80. The maximum absolute atomic E-state index is 11.7. The van der Waals surface area contributed by atoms with Crippen molar-refractivity contribution in [1.29, 1.82) is 0 Å². The number of ether oxygens (including phenoxy) is 2. The van der Waals surface area contributed by atoms with Crippen LogP contribution in [0.5, 0.6) is 11.5 Å². The fourth-order valence-corrected chi connectivity index (χ4v) is 3.55. The molecule has 0 aromatic heterocycles. The maximum atomic E-state index is 11.7. The second kappa shape index (κ2) is 8.91. The Kier molecular flexibility index (Phi) is 6.35. The molecule has 1 aliphatic heterocycles. The van der Waals surface area contributed by atoms with Crippen molar-refractivity contribution in [2.75, 3.05) is 44.8 Å². The number of carbonyl (C=O) groups is 1. The topological polar surface area (TPSA) is 43.2 Å². The lowest BCUT2D eigenvalue weighted by molar-refractivity contribution is -0.914. The zero-order valence-electron chi connectivity index (χ0n) is 16.5. The molecule has 1 fully saturated rings. The van der Waals surface area contributed by atoms with Crippen LogP contribution in [0.25, 0.3) is 0 Å². The van der Waals surface area contributed by atoms with E-state index in [1.165, 1.54) is 10.6 Å². The zero-order valence-corrected chi connectivity index (χ0v) is 16.5. The molecule has 5 heteroatoms. The second-order valence-electron chi connectivity index (χ2n) is 6.92. The molecule has 5 nitrogen and oxygen atoms in total. The monoisotopic (exact) mass is 369 g/mol. The van der Waals surface area contributed by atoms with Crippen molar-refractivity contribution in [2.45, 2.75) is 20.4 Å². The van der Waals surface area contributed by atoms with Crippen LogP contribution in [0.3, 0.4) is 0 Å². The maximum Gasteiger partial charge on any atom is 0.159 e. The van der Waals surface area contributed by atoms with Gasteiger partial charge in [0.25, 0.3) is 0 Å². The molecule has 1 saturated heterocycles. The predicted octanol–water partition coefficient (Wildman–Crippen LogP) is 2.20. The first kappa shape index (κ1) is 19.2. The molecule has 27 heavy (non-hydrogen) atoms. The summed E-state index contributed by atoms with van der Waals surface area (Å²) in [5.41, 5.74) is 3.12. The van der Waals surface area contributed by atoms with Gasteiger partial charge in [-0.1, -0.05) is 0 Å². The highest BCUT2D eigenvalue weighted by Crippen LogP contribution is 2.21. The van der Waals surface area contributed by atoms with Crippen LogP contribution in [0.15, 0.2) is 42.5 Å². The summed E-state index contributed by atoms with van der Waals surface area (Å²) in [6, 6.07) is 14.0. The smallest absolute Gasteiger partial charge is 0.159 e. The Morgan fingerprint density at radius 2 is 1.81 bits per heavy atom. The Hall–Kier alpha value is -2.53. The molecule has 0 radical (unpaired) electrons. The molecule has 2 aromatic rings. The number of benzene rings is 2. The number of methoxy groups -OCH3 is 1.